The Balaban J connectivity index is 1.24. The monoisotopic (exact) mass is 550 g/mol. The van der Waals surface area contributed by atoms with Crippen molar-refractivity contribution in [2.24, 2.45) is 13.0 Å². The van der Waals surface area contributed by atoms with Gasteiger partial charge in [0, 0.05) is 28.4 Å². The van der Waals surface area contributed by atoms with Crippen molar-refractivity contribution in [3.8, 4) is 28.7 Å². The number of benzene rings is 2. The highest BCUT2D eigenvalue weighted by atomic mass is 32.2. The second-order valence-corrected chi connectivity index (χ2v) is 11.9. The van der Waals surface area contributed by atoms with Gasteiger partial charge in [-0.1, -0.05) is 67.2 Å². The second-order valence-electron chi connectivity index (χ2n) is 9.81. The Morgan fingerprint density at radius 2 is 1.97 bits per heavy atom. The van der Waals surface area contributed by atoms with Crippen LogP contribution in [0.15, 0.2) is 65.8 Å². The van der Waals surface area contributed by atoms with Crippen molar-refractivity contribution in [3.05, 3.63) is 76.7 Å². The fourth-order valence-electron chi connectivity index (χ4n) is 5.04. The lowest BCUT2D eigenvalue weighted by molar-refractivity contribution is -0.113. The number of aromatic nitrogens is 4. The standard InChI is InChI=1S/C30H26N6OS2/c1-18-12-13-21-23(16-31)29(39-26(21)14-18)33-27(37)17-38-30-35-34-28(36(30)2)22-15-25(19-8-4-3-5-9-19)32-24-11-7-6-10-20(22)24/h3-11,15,18H,12-14,17H2,1-2H3,(H,33,37). The van der Waals surface area contributed by atoms with Crippen LogP contribution in [0.4, 0.5) is 5.00 Å². The Bertz CT molecular complexity index is 1730. The number of hydrogen-bond donors (Lipinski definition) is 1. The minimum atomic E-state index is -0.159. The van der Waals surface area contributed by atoms with E-state index in [-0.39, 0.29) is 11.7 Å². The van der Waals surface area contributed by atoms with Crippen LogP contribution in [0.3, 0.4) is 0 Å². The summed E-state index contributed by atoms with van der Waals surface area (Å²) in [7, 11) is 1.91. The molecule has 0 spiro atoms. The van der Waals surface area contributed by atoms with E-state index in [0.29, 0.717) is 27.5 Å². The molecule has 3 aromatic heterocycles. The first kappa shape index (κ1) is 25.3. The first-order chi connectivity index (χ1) is 19.0. The molecule has 0 radical (unpaired) electrons. The predicted molar refractivity (Wildman–Crippen MR) is 157 cm³/mol. The predicted octanol–water partition coefficient (Wildman–Crippen LogP) is 6.49. The van der Waals surface area contributed by atoms with E-state index in [2.05, 4.69) is 28.5 Å². The third-order valence-corrected chi connectivity index (χ3v) is 9.26. The van der Waals surface area contributed by atoms with Gasteiger partial charge in [0.05, 0.1) is 22.5 Å². The lowest BCUT2D eigenvalue weighted by atomic mass is 9.89. The number of carbonyl (C=O) groups is 1. The van der Waals surface area contributed by atoms with Gasteiger partial charge in [-0.3, -0.25) is 4.79 Å². The van der Waals surface area contributed by atoms with E-state index in [9.17, 15) is 10.1 Å². The first-order valence-electron chi connectivity index (χ1n) is 12.8. The number of nitriles is 1. The normalized spacial score (nSPS) is 14.6. The largest absolute Gasteiger partial charge is 0.316 e. The summed E-state index contributed by atoms with van der Waals surface area (Å²) in [4.78, 5) is 19.0. The molecule has 1 unspecified atom stereocenters. The number of amides is 1. The van der Waals surface area contributed by atoms with E-state index < -0.39 is 0 Å². The van der Waals surface area contributed by atoms with Crippen molar-refractivity contribution in [2.75, 3.05) is 11.1 Å². The third-order valence-electron chi connectivity index (χ3n) is 7.07. The number of anilines is 1. The van der Waals surface area contributed by atoms with Crippen LogP contribution in [0.25, 0.3) is 33.5 Å². The molecule has 39 heavy (non-hydrogen) atoms. The number of rotatable bonds is 6. The number of thiophene rings is 1. The van der Waals surface area contributed by atoms with Gasteiger partial charge in [0.1, 0.15) is 11.1 Å². The van der Waals surface area contributed by atoms with Crippen LogP contribution in [0.2, 0.25) is 0 Å². The molecule has 5 aromatic rings. The van der Waals surface area contributed by atoms with Crippen molar-refractivity contribution in [1.82, 2.24) is 19.7 Å². The van der Waals surface area contributed by atoms with E-state index >= 15 is 0 Å². The number of thioether (sulfide) groups is 1. The van der Waals surface area contributed by atoms with Crippen LogP contribution >= 0.6 is 23.1 Å². The number of nitrogens with one attached hydrogen (secondary N) is 1. The number of nitrogens with zero attached hydrogens (tertiary/aromatic N) is 5. The summed E-state index contributed by atoms with van der Waals surface area (Å²) in [5.74, 6) is 1.32. The van der Waals surface area contributed by atoms with Crippen molar-refractivity contribution >= 4 is 44.9 Å². The van der Waals surface area contributed by atoms with Crippen LogP contribution in [0, 0.1) is 17.2 Å². The summed E-state index contributed by atoms with van der Waals surface area (Å²) in [6, 6.07) is 22.4. The summed E-state index contributed by atoms with van der Waals surface area (Å²) in [6.45, 7) is 2.23. The zero-order chi connectivity index (χ0) is 26.9. The van der Waals surface area contributed by atoms with Crippen LogP contribution < -0.4 is 5.32 Å². The molecule has 0 aliphatic heterocycles. The summed E-state index contributed by atoms with van der Waals surface area (Å²) in [5, 5.41) is 23.9. The number of para-hydroxylation sites is 1. The summed E-state index contributed by atoms with van der Waals surface area (Å²) in [6.07, 6.45) is 2.95. The molecule has 1 atom stereocenters. The van der Waals surface area contributed by atoms with Gasteiger partial charge in [-0.2, -0.15) is 5.26 Å². The molecule has 1 amide bonds. The van der Waals surface area contributed by atoms with Crippen molar-refractivity contribution in [1.29, 1.82) is 5.26 Å². The zero-order valence-corrected chi connectivity index (χ0v) is 23.3. The quantitative estimate of drug-likeness (QED) is 0.243. The van der Waals surface area contributed by atoms with Crippen molar-refractivity contribution < 1.29 is 4.79 Å². The Morgan fingerprint density at radius 1 is 1.18 bits per heavy atom. The fourth-order valence-corrected chi connectivity index (χ4v) is 7.13. The van der Waals surface area contributed by atoms with Gasteiger partial charge in [-0.25, -0.2) is 4.98 Å². The molecule has 0 saturated carbocycles. The lowest BCUT2D eigenvalue weighted by Crippen LogP contribution is -2.14. The summed E-state index contributed by atoms with van der Waals surface area (Å²) >= 11 is 2.87. The highest BCUT2D eigenvalue weighted by Crippen LogP contribution is 2.39. The van der Waals surface area contributed by atoms with Gasteiger partial charge in [0.15, 0.2) is 11.0 Å². The van der Waals surface area contributed by atoms with E-state index in [1.165, 1.54) is 16.6 Å². The maximum absolute atomic E-state index is 12.9. The van der Waals surface area contributed by atoms with Crippen LogP contribution in [0.1, 0.15) is 29.3 Å². The van der Waals surface area contributed by atoms with Gasteiger partial charge in [-0.15, -0.1) is 21.5 Å². The molecule has 6 rings (SSSR count). The Labute approximate surface area is 234 Å². The molecule has 9 heteroatoms. The maximum Gasteiger partial charge on any atom is 0.235 e. The third kappa shape index (κ3) is 4.93. The second kappa shape index (κ2) is 10.6. The van der Waals surface area contributed by atoms with Gasteiger partial charge in [0.25, 0.3) is 0 Å². The Kier molecular flexibility index (Phi) is 6.90. The van der Waals surface area contributed by atoms with Crippen LogP contribution in [-0.4, -0.2) is 31.4 Å². The van der Waals surface area contributed by atoms with Gasteiger partial charge in [0.2, 0.25) is 5.91 Å². The van der Waals surface area contributed by atoms with E-state index in [1.54, 1.807) is 11.3 Å². The molecular formula is C30H26N6OS2. The molecule has 2 aromatic carbocycles. The topological polar surface area (TPSA) is 96.5 Å². The smallest absolute Gasteiger partial charge is 0.235 e. The minimum Gasteiger partial charge on any atom is -0.316 e. The van der Waals surface area contributed by atoms with Gasteiger partial charge in [-0.05, 0) is 42.9 Å². The molecule has 0 fully saturated rings. The molecule has 1 N–H and O–H groups in total. The summed E-state index contributed by atoms with van der Waals surface area (Å²) in [5.41, 5.74) is 5.44. The molecule has 0 bridgehead atoms. The number of pyridine rings is 1. The molecule has 3 heterocycles. The molecule has 0 saturated heterocycles. The van der Waals surface area contributed by atoms with Gasteiger partial charge >= 0.3 is 0 Å². The number of fused-ring (bicyclic) bond motifs is 2. The minimum absolute atomic E-state index is 0.159. The van der Waals surface area contributed by atoms with E-state index in [1.807, 2.05) is 72.3 Å². The Hall–Kier alpha value is -4.00. The fraction of sp³-hybridized carbons (Fsp3) is 0.233. The molecular weight excluding hydrogens is 525 g/mol. The van der Waals surface area contributed by atoms with Crippen LogP contribution in [0.5, 0.6) is 0 Å². The average Bonchev–Trinajstić information content (AvgIpc) is 3.49. The lowest BCUT2D eigenvalue weighted by Gasteiger charge is -2.17. The highest BCUT2D eigenvalue weighted by Gasteiger charge is 2.25. The van der Waals surface area contributed by atoms with E-state index in [0.717, 1.165) is 52.5 Å². The summed E-state index contributed by atoms with van der Waals surface area (Å²) < 4.78 is 1.92. The molecule has 1 aliphatic carbocycles. The van der Waals surface area contributed by atoms with E-state index in [4.69, 9.17) is 4.98 Å². The SMILES string of the molecule is CC1CCc2c(sc(NC(=O)CSc3nnc(-c4cc(-c5ccccc5)nc5ccccc45)n3C)c2C#N)C1. The molecule has 194 valence electrons. The number of carbonyl (C=O) groups excluding carboxylic acids is 1. The average molecular weight is 551 g/mol. The first-order valence-corrected chi connectivity index (χ1v) is 14.6. The zero-order valence-electron chi connectivity index (χ0n) is 21.6. The maximum atomic E-state index is 12.9. The van der Waals surface area contributed by atoms with Crippen molar-refractivity contribution in [2.45, 2.75) is 31.3 Å². The highest BCUT2D eigenvalue weighted by molar-refractivity contribution is 7.99. The number of hydrogen-bond acceptors (Lipinski definition) is 7. The Morgan fingerprint density at radius 3 is 2.79 bits per heavy atom. The van der Waals surface area contributed by atoms with Crippen molar-refractivity contribution in [3.63, 3.8) is 0 Å². The molecule has 1 aliphatic rings. The molecule has 7 nitrogen and oxygen atoms in total. The van der Waals surface area contributed by atoms with Crippen LogP contribution in [-0.2, 0) is 24.7 Å². The van der Waals surface area contributed by atoms with Gasteiger partial charge < -0.3 is 9.88 Å².